The molecule has 1 aromatic heterocycles. The fourth-order valence-corrected chi connectivity index (χ4v) is 1.77. The van der Waals surface area contributed by atoms with Crippen LogP contribution in [0.2, 0.25) is 0 Å². The standard InChI is InChI=1S/C13H25N3/c1-5-12(3)16-9-7-13(15-16)10-11(2)6-8-14-4/h7,9,11-12,14H,5-6,8,10H2,1-4H3. The summed E-state index contributed by atoms with van der Waals surface area (Å²) < 4.78 is 2.08. The van der Waals surface area contributed by atoms with Gasteiger partial charge in [-0.3, -0.25) is 4.68 Å². The second-order valence-corrected chi connectivity index (χ2v) is 4.75. The normalized spacial score (nSPS) is 15.0. The van der Waals surface area contributed by atoms with Crippen molar-refractivity contribution in [3.05, 3.63) is 18.0 Å². The van der Waals surface area contributed by atoms with Crippen LogP contribution in [0.25, 0.3) is 0 Å². The lowest BCUT2D eigenvalue weighted by molar-refractivity contribution is 0.461. The van der Waals surface area contributed by atoms with Crippen LogP contribution in [0.15, 0.2) is 12.3 Å². The van der Waals surface area contributed by atoms with Gasteiger partial charge in [-0.25, -0.2) is 0 Å². The van der Waals surface area contributed by atoms with Crippen LogP contribution < -0.4 is 5.32 Å². The molecule has 0 aromatic carbocycles. The van der Waals surface area contributed by atoms with Crippen molar-refractivity contribution in [3.8, 4) is 0 Å². The number of hydrogen-bond donors (Lipinski definition) is 1. The summed E-state index contributed by atoms with van der Waals surface area (Å²) in [5.74, 6) is 0.702. The minimum absolute atomic E-state index is 0.515. The Morgan fingerprint density at radius 2 is 2.19 bits per heavy atom. The van der Waals surface area contributed by atoms with E-state index in [2.05, 4.69) is 48.1 Å². The van der Waals surface area contributed by atoms with Crippen LogP contribution in [-0.4, -0.2) is 23.4 Å². The smallest absolute Gasteiger partial charge is 0.0627 e. The first-order valence-corrected chi connectivity index (χ1v) is 6.36. The lowest BCUT2D eigenvalue weighted by atomic mass is 10.0. The van der Waals surface area contributed by atoms with Gasteiger partial charge in [-0.2, -0.15) is 5.10 Å². The summed E-state index contributed by atoms with van der Waals surface area (Å²) in [5, 5.41) is 7.82. The van der Waals surface area contributed by atoms with Crippen LogP contribution in [0, 0.1) is 5.92 Å². The third-order valence-electron chi connectivity index (χ3n) is 3.15. The lowest BCUT2D eigenvalue weighted by Crippen LogP contribution is -2.13. The molecule has 1 rings (SSSR count). The van der Waals surface area contributed by atoms with E-state index in [-0.39, 0.29) is 0 Å². The third kappa shape index (κ3) is 3.97. The maximum Gasteiger partial charge on any atom is 0.0627 e. The molecule has 0 radical (unpaired) electrons. The molecule has 1 aromatic rings. The molecule has 0 spiro atoms. The molecular formula is C13H25N3. The number of aromatic nitrogens is 2. The molecule has 3 heteroatoms. The van der Waals surface area contributed by atoms with Crippen LogP contribution in [0.4, 0.5) is 0 Å². The number of rotatable bonds is 7. The van der Waals surface area contributed by atoms with Gasteiger partial charge in [-0.15, -0.1) is 0 Å². The SMILES string of the molecule is CCC(C)n1ccc(CC(C)CCNC)n1. The van der Waals surface area contributed by atoms with E-state index in [4.69, 9.17) is 0 Å². The van der Waals surface area contributed by atoms with E-state index in [0.29, 0.717) is 12.0 Å². The average molecular weight is 223 g/mol. The van der Waals surface area contributed by atoms with Gasteiger partial charge >= 0.3 is 0 Å². The van der Waals surface area contributed by atoms with Crippen molar-refractivity contribution in [2.45, 2.75) is 46.1 Å². The van der Waals surface area contributed by atoms with Gasteiger partial charge in [0.15, 0.2) is 0 Å². The largest absolute Gasteiger partial charge is 0.320 e. The molecule has 0 aliphatic carbocycles. The topological polar surface area (TPSA) is 29.9 Å². The molecule has 0 bridgehead atoms. The number of nitrogens with zero attached hydrogens (tertiary/aromatic N) is 2. The van der Waals surface area contributed by atoms with Crippen LogP contribution >= 0.6 is 0 Å². The van der Waals surface area contributed by atoms with Crippen molar-refractivity contribution in [1.29, 1.82) is 0 Å². The molecule has 1 heterocycles. The van der Waals surface area contributed by atoms with Gasteiger partial charge in [-0.05, 0) is 51.8 Å². The minimum atomic E-state index is 0.515. The molecule has 2 atom stereocenters. The summed E-state index contributed by atoms with van der Waals surface area (Å²) in [6, 6.07) is 2.67. The molecule has 1 N–H and O–H groups in total. The first-order chi connectivity index (χ1) is 7.67. The molecule has 2 unspecified atom stereocenters. The molecule has 0 saturated carbocycles. The van der Waals surface area contributed by atoms with Crippen LogP contribution in [0.3, 0.4) is 0 Å². The molecule has 16 heavy (non-hydrogen) atoms. The summed E-state index contributed by atoms with van der Waals surface area (Å²) in [6.45, 7) is 7.79. The molecule has 0 amide bonds. The second kappa shape index (κ2) is 6.69. The van der Waals surface area contributed by atoms with Crippen molar-refractivity contribution < 1.29 is 0 Å². The van der Waals surface area contributed by atoms with Crippen molar-refractivity contribution in [2.24, 2.45) is 5.92 Å². The first kappa shape index (κ1) is 13.2. The third-order valence-corrected chi connectivity index (χ3v) is 3.15. The van der Waals surface area contributed by atoms with Crippen LogP contribution in [-0.2, 0) is 6.42 Å². The van der Waals surface area contributed by atoms with Gasteiger partial charge < -0.3 is 5.32 Å². The highest BCUT2D eigenvalue weighted by atomic mass is 15.3. The Hall–Kier alpha value is -0.830. The highest BCUT2D eigenvalue weighted by Gasteiger charge is 2.08. The predicted molar refractivity (Wildman–Crippen MR) is 68.6 cm³/mol. The zero-order valence-corrected chi connectivity index (χ0v) is 11.0. The quantitative estimate of drug-likeness (QED) is 0.770. The van der Waals surface area contributed by atoms with Crippen molar-refractivity contribution in [1.82, 2.24) is 15.1 Å². The van der Waals surface area contributed by atoms with E-state index in [1.807, 2.05) is 7.05 Å². The number of hydrogen-bond acceptors (Lipinski definition) is 2. The average Bonchev–Trinajstić information content (AvgIpc) is 2.73. The van der Waals surface area contributed by atoms with Crippen molar-refractivity contribution in [2.75, 3.05) is 13.6 Å². The van der Waals surface area contributed by atoms with Gasteiger partial charge in [0.25, 0.3) is 0 Å². The monoisotopic (exact) mass is 223 g/mol. The first-order valence-electron chi connectivity index (χ1n) is 6.36. The lowest BCUT2D eigenvalue weighted by Gasteiger charge is -2.10. The fraction of sp³-hybridized carbons (Fsp3) is 0.769. The van der Waals surface area contributed by atoms with Gasteiger partial charge in [0.1, 0.15) is 0 Å². The summed E-state index contributed by atoms with van der Waals surface area (Å²) in [6.07, 6.45) is 5.54. The van der Waals surface area contributed by atoms with E-state index in [0.717, 1.165) is 19.4 Å². The molecule has 0 aliphatic heterocycles. The Labute approximate surface area is 99.2 Å². The van der Waals surface area contributed by atoms with E-state index in [9.17, 15) is 0 Å². The molecular weight excluding hydrogens is 198 g/mol. The zero-order valence-electron chi connectivity index (χ0n) is 11.0. The second-order valence-electron chi connectivity index (χ2n) is 4.75. The Morgan fingerprint density at radius 1 is 1.44 bits per heavy atom. The predicted octanol–water partition coefficient (Wildman–Crippen LogP) is 2.64. The number of nitrogens with one attached hydrogen (secondary N) is 1. The van der Waals surface area contributed by atoms with E-state index < -0.39 is 0 Å². The Bertz CT molecular complexity index is 293. The van der Waals surface area contributed by atoms with E-state index in [1.54, 1.807) is 0 Å². The van der Waals surface area contributed by atoms with Gasteiger partial charge in [0.05, 0.1) is 5.69 Å². The maximum absolute atomic E-state index is 4.63. The van der Waals surface area contributed by atoms with Crippen molar-refractivity contribution in [3.63, 3.8) is 0 Å². The summed E-state index contributed by atoms with van der Waals surface area (Å²) in [7, 11) is 2.00. The van der Waals surface area contributed by atoms with Crippen molar-refractivity contribution >= 4 is 0 Å². The van der Waals surface area contributed by atoms with Crippen LogP contribution in [0.1, 0.15) is 45.3 Å². The summed E-state index contributed by atoms with van der Waals surface area (Å²) >= 11 is 0. The minimum Gasteiger partial charge on any atom is -0.320 e. The van der Waals surface area contributed by atoms with Gasteiger partial charge in [0, 0.05) is 12.2 Å². The Balaban J connectivity index is 2.45. The molecule has 3 nitrogen and oxygen atoms in total. The van der Waals surface area contributed by atoms with E-state index >= 15 is 0 Å². The summed E-state index contributed by atoms with van der Waals surface area (Å²) in [4.78, 5) is 0. The Morgan fingerprint density at radius 3 is 2.81 bits per heavy atom. The maximum atomic E-state index is 4.63. The van der Waals surface area contributed by atoms with Gasteiger partial charge in [-0.1, -0.05) is 13.8 Å². The fourth-order valence-electron chi connectivity index (χ4n) is 1.77. The highest BCUT2D eigenvalue weighted by molar-refractivity contribution is 5.00. The molecule has 92 valence electrons. The summed E-state index contributed by atoms with van der Waals surface area (Å²) in [5.41, 5.74) is 1.23. The van der Waals surface area contributed by atoms with Gasteiger partial charge in [0.2, 0.25) is 0 Å². The van der Waals surface area contributed by atoms with Crippen LogP contribution in [0.5, 0.6) is 0 Å². The zero-order chi connectivity index (χ0) is 12.0. The highest BCUT2D eigenvalue weighted by Crippen LogP contribution is 2.13. The molecule has 0 saturated heterocycles. The Kier molecular flexibility index (Phi) is 5.53. The van der Waals surface area contributed by atoms with E-state index in [1.165, 1.54) is 12.1 Å². The molecule has 0 aliphatic rings. The molecule has 0 fully saturated rings.